The van der Waals surface area contributed by atoms with Crippen molar-refractivity contribution < 1.29 is 4.74 Å². The van der Waals surface area contributed by atoms with E-state index in [9.17, 15) is 0 Å². The number of hydrogen-bond acceptors (Lipinski definition) is 4. The van der Waals surface area contributed by atoms with Gasteiger partial charge in [0.1, 0.15) is 0 Å². The van der Waals surface area contributed by atoms with E-state index in [0.717, 1.165) is 45.8 Å². The van der Waals surface area contributed by atoms with Crippen molar-refractivity contribution in [1.29, 1.82) is 0 Å². The first kappa shape index (κ1) is 12.8. The Labute approximate surface area is 115 Å². The number of nitrogens with zero attached hydrogens (tertiary/aromatic N) is 2. The molecule has 1 saturated heterocycles. The van der Waals surface area contributed by atoms with Crippen LogP contribution in [-0.2, 0) is 4.74 Å². The van der Waals surface area contributed by atoms with Gasteiger partial charge in [0.25, 0.3) is 0 Å². The van der Waals surface area contributed by atoms with Gasteiger partial charge in [-0.15, -0.1) is 0 Å². The molecule has 4 nitrogen and oxygen atoms in total. The van der Waals surface area contributed by atoms with Gasteiger partial charge in [-0.1, -0.05) is 12.1 Å². The Morgan fingerprint density at radius 2 is 2.11 bits per heavy atom. The Hall–Kier alpha value is -1.26. The van der Waals surface area contributed by atoms with Crippen LogP contribution < -0.4 is 15.1 Å². The van der Waals surface area contributed by atoms with Gasteiger partial charge in [0.05, 0.1) is 24.1 Å². The Kier molecular flexibility index (Phi) is 3.89. The lowest BCUT2D eigenvalue weighted by molar-refractivity contribution is 0.0249. The quantitative estimate of drug-likeness (QED) is 0.888. The predicted molar refractivity (Wildman–Crippen MR) is 79.2 cm³/mol. The van der Waals surface area contributed by atoms with Crippen LogP contribution in [-0.4, -0.2) is 52.5 Å². The molecule has 1 aromatic carbocycles. The van der Waals surface area contributed by atoms with E-state index in [-0.39, 0.29) is 0 Å². The fourth-order valence-electron chi connectivity index (χ4n) is 2.90. The van der Waals surface area contributed by atoms with Crippen LogP contribution >= 0.6 is 0 Å². The highest BCUT2D eigenvalue weighted by molar-refractivity contribution is 5.73. The molecule has 2 aliphatic heterocycles. The third kappa shape index (κ3) is 2.85. The molecular weight excluding hydrogens is 238 g/mol. The number of ether oxygens (including phenoxy) is 1. The topological polar surface area (TPSA) is 27.7 Å². The van der Waals surface area contributed by atoms with Crippen LogP contribution in [0.2, 0.25) is 0 Å². The van der Waals surface area contributed by atoms with Crippen LogP contribution in [0.5, 0.6) is 0 Å². The molecule has 0 aromatic heterocycles. The van der Waals surface area contributed by atoms with Crippen molar-refractivity contribution in [3.63, 3.8) is 0 Å². The van der Waals surface area contributed by atoms with Crippen molar-refractivity contribution >= 4 is 11.4 Å². The predicted octanol–water partition coefficient (Wildman–Crippen LogP) is 1.32. The summed E-state index contributed by atoms with van der Waals surface area (Å²) in [5, 5.41) is 3.40. The summed E-state index contributed by atoms with van der Waals surface area (Å²) in [6.45, 7) is 6.12. The van der Waals surface area contributed by atoms with Crippen LogP contribution in [0, 0.1) is 0 Å². The Morgan fingerprint density at radius 1 is 1.26 bits per heavy atom. The highest BCUT2D eigenvalue weighted by Gasteiger charge is 2.21. The summed E-state index contributed by atoms with van der Waals surface area (Å²) in [5.41, 5.74) is 2.71. The second kappa shape index (κ2) is 5.80. The zero-order valence-electron chi connectivity index (χ0n) is 11.6. The van der Waals surface area contributed by atoms with E-state index >= 15 is 0 Å². The number of fused-ring (bicyclic) bond motifs is 1. The molecule has 1 N–H and O–H groups in total. The summed E-state index contributed by atoms with van der Waals surface area (Å²) in [7, 11) is 2.17. The first-order valence-electron chi connectivity index (χ1n) is 7.22. The largest absolute Gasteiger partial charge is 0.376 e. The number of morpholine rings is 1. The minimum absolute atomic E-state index is 0.376. The molecule has 2 aliphatic rings. The van der Waals surface area contributed by atoms with Crippen LogP contribution in [0.3, 0.4) is 0 Å². The van der Waals surface area contributed by atoms with Crippen molar-refractivity contribution in [2.24, 2.45) is 0 Å². The molecule has 0 bridgehead atoms. The average molecular weight is 261 g/mol. The lowest BCUT2D eigenvalue weighted by Gasteiger charge is -2.38. The number of anilines is 2. The molecule has 2 heterocycles. The minimum atomic E-state index is 0.376. The second-order valence-corrected chi connectivity index (χ2v) is 5.38. The van der Waals surface area contributed by atoms with E-state index in [1.54, 1.807) is 0 Å². The summed E-state index contributed by atoms with van der Waals surface area (Å²) >= 11 is 0. The molecule has 1 atom stereocenters. The zero-order valence-corrected chi connectivity index (χ0v) is 11.6. The Morgan fingerprint density at radius 3 is 2.89 bits per heavy atom. The van der Waals surface area contributed by atoms with E-state index in [1.807, 2.05) is 0 Å². The third-order valence-electron chi connectivity index (χ3n) is 4.06. The molecule has 0 saturated carbocycles. The van der Waals surface area contributed by atoms with Crippen molar-refractivity contribution in [2.45, 2.75) is 12.5 Å². The smallest absolute Gasteiger partial charge is 0.0716 e. The number of hydrogen-bond donors (Lipinski definition) is 1. The SMILES string of the molecule is CN1CCN(CCC2CNCCO2)c2ccccc21. The number of para-hydroxylation sites is 2. The summed E-state index contributed by atoms with van der Waals surface area (Å²) in [6, 6.07) is 8.68. The van der Waals surface area contributed by atoms with Crippen LogP contribution in [0.4, 0.5) is 11.4 Å². The molecular formula is C15H23N3O. The fraction of sp³-hybridized carbons (Fsp3) is 0.600. The Bertz CT molecular complexity index is 418. The summed E-state index contributed by atoms with van der Waals surface area (Å²) in [5.74, 6) is 0. The molecule has 0 radical (unpaired) electrons. The first-order chi connectivity index (χ1) is 9.34. The highest BCUT2D eigenvalue weighted by Crippen LogP contribution is 2.31. The van der Waals surface area contributed by atoms with E-state index < -0.39 is 0 Å². The van der Waals surface area contributed by atoms with Crippen LogP contribution in [0.1, 0.15) is 6.42 Å². The number of likely N-dealkylation sites (N-methyl/N-ethyl adjacent to an activating group) is 1. The van der Waals surface area contributed by atoms with E-state index in [2.05, 4.69) is 46.4 Å². The maximum Gasteiger partial charge on any atom is 0.0716 e. The fourth-order valence-corrected chi connectivity index (χ4v) is 2.90. The molecule has 4 heteroatoms. The first-order valence-corrected chi connectivity index (χ1v) is 7.22. The molecule has 0 spiro atoms. The van der Waals surface area contributed by atoms with E-state index in [1.165, 1.54) is 11.4 Å². The number of nitrogens with one attached hydrogen (secondary N) is 1. The van der Waals surface area contributed by atoms with Gasteiger partial charge in [-0.05, 0) is 18.6 Å². The maximum atomic E-state index is 5.78. The van der Waals surface area contributed by atoms with Gasteiger partial charge in [-0.3, -0.25) is 0 Å². The van der Waals surface area contributed by atoms with Crippen molar-refractivity contribution in [2.75, 3.05) is 56.2 Å². The van der Waals surface area contributed by atoms with Gasteiger partial charge in [0, 0.05) is 39.8 Å². The highest BCUT2D eigenvalue weighted by atomic mass is 16.5. The summed E-state index contributed by atoms with van der Waals surface area (Å²) in [4.78, 5) is 4.83. The minimum Gasteiger partial charge on any atom is -0.376 e. The van der Waals surface area contributed by atoms with E-state index in [0.29, 0.717) is 6.10 Å². The number of rotatable bonds is 3. The second-order valence-electron chi connectivity index (χ2n) is 5.38. The monoisotopic (exact) mass is 261 g/mol. The standard InChI is InChI=1S/C15H23N3O/c1-17-9-10-18(15-5-3-2-4-14(15)17)8-6-13-12-16-7-11-19-13/h2-5,13,16H,6-12H2,1H3. The van der Waals surface area contributed by atoms with Crippen molar-refractivity contribution in [3.05, 3.63) is 24.3 Å². The third-order valence-corrected chi connectivity index (χ3v) is 4.06. The van der Waals surface area contributed by atoms with E-state index in [4.69, 9.17) is 4.74 Å². The maximum absolute atomic E-state index is 5.78. The van der Waals surface area contributed by atoms with Gasteiger partial charge in [0.15, 0.2) is 0 Å². The lowest BCUT2D eigenvalue weighted by atomic mass is 10.1. The molecule has 3 rings (SSSR count). The lowest BCUT2D eigenvalue weighted by Crippen LogP contribution is -2.43. The molecule has 19 heavy (non-hydrogen) atoms. The molecule has 1 fully saturated rings. The molecule has 0 amide bonds. The zero-order chi connectivity index (χ0) is 13.1. The van der Waals surface area contributed by atoms with Crippen LogP contribution in [0.25, 0.3) is 0 Å². The number of benzene rings is 1. The van der Waals surface area contributed by atoms with Gasteiger partial charge in [-0.25, -0.2) is 0 Å². The van der Waals surface area contributed by atoms with Crippen molar-refractivity contribution in [3.8, 4) is 0 Å². The van der Waals surface area contributed by atoms with Gasteiger partial charge < -0.3 is 19.9 Å². The molecule has 1 unspecified atom stereocenters. The molecule has 104 valence electrons. The summed E-state index contributed by atoms with van der Waals surface area (Å²) in [6.07, 6.45) is 1.48. The summed E-state index contributed by atoms with van der Waals surface area (Å²) < 4.78 is 5.78. The van der Waals surface area contributed by atoms with Crippen LogP contribution in [0.15, 0.2) is 24.3 Å². The van der Waals surface area contributed by atoms with Gasteiger partial charge in [-0.2, -0.15) is 0 Å². The average Bonchev–Trinajstić information content (AvgIpc) is 2.48. The normalized spacial score (nSPS) is 23.3. The van der Waals surface area contributed by atoms with Crippen molar-refractivity contribution in [1.82, 2.24) is 5.32 Å². The molecule has 1 aromatic rings. The van der Waals surface area contributed by atoms with Gasteiger partial charge >= 0.3 is 0 Å². The Balaban J connectivity index is 1.64. The molecule has 0 aliphatic carbocycles. The van der Waals surface area contributed by atoms with Gasteiger partial charge in [0.2, 0.25) is 0 Å².